The highest BCUT2D eigenvalue weighted by atomic mass is 16.5. The number of rotatable bonds is 4. The van der Waals surface area contributed by atoms with E-state index >= 15 is 0 Å². The van der Waals surface area contributed by atoms with E-state index in [1.165, 1.54) is 4.90 Å². The molecule has 0 bridgehead atoms. The van der Waals surface area contributed by atoms with Crippen molar-refractivity contribution in [3.63, 3.8) is 0 Å². The Bertz CT molecular complexity index is 1220. The Morgan fingerprint density at radius 3 is 2.59 bits per heavy atom. The first kappa shape index (κ1) is 20.0. The quantitative estimate of drug-likeness (QED) is 0.387. The molecule has 0 radical (unpaired) electrons. The molecule has 1 fully saturated rings. The van der Waals surface area contributed by atoms with E-state index in [4.69, 9.17) is 4.74 Å². The van der Waals surface area contributed by atoms with Crippen LogP contribution < -0.4 is 4.74 Å². The normalized spacial score (nSPS) is 21.5. The molecule has 6 nitrogen and oxygen atoms in total. The maximum absolute atomic E-state index is 13.1. The minimum Gasteiger partial charge on any atom is -0.507 e. The van der Waals surface area contributed by atoms with E-state index in [-0.39, 0.29) is 24.0 Å². The molecule has 2 aromatic carbocycles. The average Bonchev–Trinajstić information content (AvgIpc) is 3.31. The number of carbonyl (C=O) groups excluding carboxylic acids is 2. The molecule has 0 aliphatic carbocycles. The molecule has 0 saturated carbocycles. The number of Topliss-reactive ketones (excluding diaryl/α,β-unsaturated/α-hetero) is 1. The van der Waals surface area contributed by atoms with Crippen LogP contribution >= 0.6 is 0 Å². The maximum Gasteiger partial charge on any atom is 0.295 e. The summed E-state index contributed by atoms with van der Waals surface area (Å²) >= 11 is 0. The number of nitrogens with zero attached hydrogens (tertiary/aromatic N) is 2. The molecule has 2 aliphatic rings. The largest absolute Gasteiger partial charge is 0.507 e. The van der Waals surface area contributed by atoms with Gasteiger partial charge in [0.25, 0.3) is 11.7 Å². The van der Waals surface area contributed by atoms with Crippen molar-refractivity contribution in [3.05, 3.63) is 101 Å². The highest BCUT2D eigenvalue weighted by Crippen LogP contribution is 2.41. The van der Waals surface area contributed by atoms with E-state index in [1.54, 1.807) is 36.7 Å². The average molecular weight is 426 g/mol. The summed E-state index contributed by atoms with van der Waals surface area (Å²) in [5.41, 5.74) is 3.18. The van der Waals surface area contributed by atoms with Gasteiger partial charge in [-0.15, -0.1) is 0 Å². The number of likely N-dealkylation sites (tertiary alicyclic amines) is 1. The van der Waals surface area contributed by atoms with Crippen molar-refractivity contribution < 1.29 is 19.4 Å². The van der Waals surface area contributed by atoms with Crippen molar-refractivity contribution in [2.75, 3.05) is 0 Å². The van der Waals surface area contributed by atoms with Crippen LogP contribution in [0.5, 0.6) is 5.75 Å². The van der Waals surface area contributed by atoms with E-state index in [0.29, 0.717) is 5.56 Å². The first-order valence-electron chi connectivity index (χ1n) is 10.5. The number of benzene rings is 2. The SMILES string of the molecule is CC1Cc2cc(/C(O)=C3\C(=O)C(=O)N(Cc4ccccc4)C3c3ccncc3)ccc2O1. The van der Waals surface area contributed by atoms with Crippen LogP contribution in [0.3, 0.4) is 0 Å². The zero-order valence-electron chi connectivity index (χ0n) is 17.6. The van der Waals surface area contributed by atoms with E-state index < -0.39 is 17.7 Å². The molecule has 3 heterocycles. The lowest BCUT2D eigenvalue weighted by Gasteiger charge is -2.25. The molecule has 6 heteroatoms. The Balaban J connectivity index is 1.62. The van der Waals surface area contributed by atoms with Crippen molar-refractivity contribution in [3.8, 4) is 5.75 Å². The van der Waals surface area contributed by atoms with Crippen LogP contribution in [0.4, 0.5) is 0 Å². The van der Waals surface area contributed by atoms with Gasteiger partial charge in [0.15, 0.2) is 0 Å². The van der Waals surface area contributed by atoms with Crippen molar-refractivity contribution in [1.29, 1.82) is 0 Å². The van der Waals surface area contributed by atoms with Crippen LogP contribution in [0.2, 0.25) is 0 Å². The van der Waals surface area contributed by atoms with Gasteiger partial charge < -0.3 is 14.7 Å². The second-order valence-corrected chi connectivity index (χ2v) is 8.15. The number of hydrogen-bond donors (Lipinski definition) is 1. The fourth-order valence-corrected chi connectivity index (χ4v) is 4.44. The van der Waals surface area contributed by atoms with Crippen molar-refractivity contribution in [1.82, 2.24) is 9.88 Å². The molecule has 32 heavy (non-hydrogen) atoms. The lowest BCUT2D eigenvalue weighted by Crippen LogP contribution is -2.29. The van der Waals surface area contributed by atoms with Crippen molar-refractivity contribution in [2.24, 2.45) is 0 Å². The number of aliphatic hydroxyl groups is 1. The molecule has 1 N–H and O–H groups in total. The second kappa shape index (κ2) is 7.96. The number of amides is 1. The smallest absolute Gasteiger partial charge is 0.295 e. The van der Waals surface area contributed by atoms with Crippen LogP contribution in [0, 0.1) is 0 Å². The van der Waals surface area contributed by atoms with E-state index in [0.717, 1.165) is 28.9 Å². The molecule has 5 rings (SSSR count). The van der Waals surface area contributed by atoms with Gasteiger partial charge in [0.1, 0.15) is 17.6 Å². The van der Waals surface area contributed by atoms with Gasteiger partial charge in [0.2, 0.25) is 0 Å². The topological polar surface area (TPSA) is 79.7 Å². The Morgan fingerprint density at radius 1 is 1.09 bits per heavy atom. The number of aliphatic hydroxyl groups excluding tert-OH is 1. The molecule has 0 spiro atoms. The minimum atomic E-state index is -0.707. The van der Waals surface area contributed by atoms with Crippen LogP contribution in [0.1, 0.15) is 35.2 Å². The van der Waals surface area contributed by atoms with Gasteiger partial charge in [-0.2, -0.15) is 0 Å². The highest BCUT2D eigenvalue weighted by Gasteiger charge is 2.46. The number of ketones is 1. The van der Waals surface area contributed by atoms with Gasteiger partial charge >= 0.3 is 0 Å². The molecule has 1 saturated heterocycles. The zero-order valence-corrected chi connectivity index (χ0v) is 17.6. The fourth-order valence-electron chi connectivity index (χ4n) is 4.44. The van der Waals surface area contributed by atoms with Crippen LogP contribution in [0.15, 0.2) is 78.6 Å². The van der Waals surface area contributed by atoms with Crippen LogP contribution in [-0.2, 0) is 22.6 Å². The number of aromatic nitrogens is 1. The first-order valence-corrected chi connectivity index (χ1v) is 10.5. The summed E-state index contributed by atoms with van der Waals surface area (Å²) in [7, 11) is 0. The van der Waals surface area contributed by atoms with Gasteiger partial charge in [-0.25, -0.2) is 0 Å². The Labute approximate surface area is 185 Å². The predicted octanol–water partition coefficient (Wildman–Crippen LogP) is 4.03. The first-order chi connectivity index (χ1) is 15.5. The second-order valence-electron chi connectivity index (χ2n) is 8.15. The molecule has 160 valence electrons. The molecule has 2 atom stereocenters. The molecule has 2 unspecified atom stereocenters. The Morgan fingerprint density at radius 2 is 1.84 bits per heavy atom. The summed E-state index contributed by atoms with van der Waals surface area (Å²) < 4.78 is 5.75. The van der Waals surface area contributed by atoms with Crippen LogP contribution in [0.25, 0.3) is 5.76 Å². The van der Waals surface area contributed by atoms with Crippen LogP contribution in [-0.4, -0.2) is 32.8 Å². The molecule has 1 aromatic heterocycles. The Hall–Kier alpha value is -3.93. The number of pyridine rings is 1. The summed E-state index contributed by atoms with van der Waals surface area (Å²) in [6.07, 6.45) is 4.03. The van der Waals surface area contributed by atoms with E-state index in [1.807, 2.05) is 43.3 Å². The van der Waals surface area contributed by atoms with Gasteiger partial charge in [-0.3, -0.25) is 14.6 Å². The number of ether oxygens (including phenoxy) is 1. The summed E-state index contributed by atoms with van der Waals surface area (Å²) in [5, 5.41) is 11.2. The van der Waals surface area contributed by atoms with E-state index in [2.05, 4.69) is 4.98 Å². The predicted molar refractivity (Wildman–Crippen MR) is 119 cm³/mol. The van der Waals surface area contributed by atoms with Crippen molar-refractivity contribution >= 4 is 17.4 Å². The summed E-state index contributed by atoms with van der Waals surface area (Å²) in [5.74, 6) is -0.715. The standard InChI is InChI=1S/C26H22N2O4/c1-16-13-20-14-19(7-8-21(20)32-16)24(29)22-23(18-9-11-27-12-10-18)28(26(31)25(22)30)15-17-5-3-2-4-6-17/h2-12,14,16,23,29H,13,15H2,1H3/b24-22+. The summed E-state index contributed by atoms with van der Waals surface area (Å²) in [6.45, 7) is 2.24. The monoisotopic (exact) mass is 426 g/mol. The number of fused-ring (bicyclic) bond motifs is 1. The van der Waals surface area contributed by atoms with Gasteiger partial charge in [0, 0.05) is 30.9 Å². The molecule has 2 aliphatic heterocycles. The number of carbonyl (C=O) groups is 2. The third kappa shape index (κ3) is 3.43. The van der Waals surface area contributed by atoms with E-state index in [9.17, 15) is 14.7 Å². The third-order valence-corrected chi connectivity index (χ3v) is 5.93. The highest BCUT2D eigenvalue weighted by molar-refractivity contribution is 6.46. The minimum absolute atomic E-state index is 0.0654. The maximum atomic E-state index is 13.1. The molecular formula is C26H22N2O4. The van der Waals surface area contributed by atoms with Crippen molar-refractivity contribution in [2.45, 2.75) is 32.0 Å². The third-order valence-electron chi connectivity index (χ3n) is 5.93. The fraction of sp³-hybridized carbons (Fsp3) is 0.192. The molecule has 3 aromatic rings. The Kier molecular flexibility index (Phi) is 4.98. The van der Waals surface area contributed by atoms with Gasteiger partial charge in [-0.1, -0.05) is 30.3 Å². The summed E-state index contributed by atoms with van der Waals surface area (Å²) in [6, 6.07) is 17.7. The van der Waals surface area contributed by atoms with Gasteiger partial charge in [0.05, 0.1) is 11.6 Å². The van der Waals surface area contributed by atoms with Gasteiger partial charge in [-0.05, 0) is 53.9 Å². The lowest BCUT2D eigenvalue weighted by atomic mass is 9.95. The number of hydrogen-bond acceptors (Lipinski definition) is 5. The molecule has 1 amide bonds. The molecular weight excluding hydrogens is 404 g/mol. The zero-order chi connectivity index (χ0) is 22.2. The summed E-state index contributed by atoms with van der Waals surface area (Å²) in [4.78, 5) is 31.8. The lowest BCUT2D eigenvalue weighted by molar-refractivity contribution is -0.140.